The molecule has 2 aromatic rings. The van der Waals surface area contributed by atoms with Crippen molar-refractivity contribution in [2.24, 2.45) is 0 Å². The zero-order valence-electron chi connectivity index (χ0n) is 8.86. The minimum absolute atomic E-state index is 0.310. The molecule has 94 valence electrons. The highest BCUT2D eigenvalue weighted by atomic mass is 19.4. The van der Waals surface area contributed by atoms with Crippen molar-refractivity contribution in [3.63, 3.8) is 0 Å². The van der Waals surface area contributed by atoms with Crippen LogP contribution in [0.3, 0.4) is 0 Å². The molecule has 4 nitrogen and oxygen atoms in total. The molecule has 1 N–H and O–H groups in total. The second kappa shape index (κ2) is 4.52. The van der Waals surface area contributed by atoms with Crippen LogP contribution in [0.2, 0.25) is 0 Å². The SMILES string of the molecule is O=c1ccc(-c2ccc(OC(F)(F)F)cc2)n[nH]1. The molecule has 0 aliphatic carbocycles. The number of nitrogens with one attached hydrogen (secondary N) is 1. The van der Waals surface area contributed by atoms with Crippen LogP contribution in [0.4, 0.5) is 13.2 Å². The van der Waals surface area contributed by atoms with Crippen LogP contribution in [0.15, 0.2) is 41.2 Å². The van der Waals surface area contributed by atoms with Crippen molar-refractivity contribution < 1.29 is 17.9 Å². The number of alkyl halides is 3. The Hall–Kier alpha value is -2.31. The van der Waals surface area contributed by atoms with Crippen molar-refractivity contribution in [2.75, 3.05) is 0 Å². The number of halogens is 3. The first-order valence-corrected chi connectivity index (χ1v) is 4.86. The van der Waals surface area contributed by atoms with Crippen molar-refractivity contribution in [1.29, 1.82) is 0 Å². The number of ether oxygens (including phenoxy) is 1. The summed E-state index contributed by atoms with van der Waals surface area (Å²) >= 11 is 0. The molecule has 0 bridgehead atoms. The Morgan fingerprint density at radius 1 is 1.06 bits per heavy atom. The van der Waals surface area contributed by atoms with Crippen molar-refractivity contribution >= 4 is 0 Å². The highest BCUT2D eigenvalue weighted by Gasteiger charge is 2.30. The molecule has 7 heteroatoms. The third kappa shape index (κ3) is 3.09. The first kappa shape index (κ1) is 12.2. The Labute approximate surface area is 99.0 Å². The lowest BCUT2D eigenvalue weighted by Gasteiger charge is -2.08. The molecule has 0 saturated carbocycles. The second-order valence-corrected chi connectivity index (χ2v) is 3.38. The van der Waals surface area contributed by atoms with E-state index in [9.17, 15) is 18.0 Å². The number of aromatic nitrogens is 2. The predicted octanol–water partition coefficient (Wildman–Crippen LogP) is 2.34. The summed E-state index contributed by atoms with van der Waals surface area (Å²) in [5.74, 6) is -0.310. The maximum Gasteiger partial charge on any atom is 0.573 e. The van der Waals surface area contributed by atoms with Crippen LogP contribution < -0.4 is 10.3 Å². The van der Waals surface area contributed by atoms with Crippen LogP contribution >= 0.6 is 0 Å². The minimum Gasteiger partial charge on any atom is -0.406 e. The van der Waals surface area contributed by atoms with Gasteiger partial charge in [-0.15, -0.1) is 13.2 Å². The molecule has 0 radical (unpaired) electrons. The summed E-state index contributed by atoms with van der Waals surface area (Å²) in [5.41, 5.74) is 0.671. The molecule has 0 atom stereocenters. The largest absolute Gasteiger partial charge is 0.573 e. The smallest absolute Gasteiger partial charge is 0.406 e. The minimum atomic E-state index is -4.71. The van der Waals surface area contributed by atoms with Gasteiger partial charge in [-0.3, -0.25) is 4.79 Å². The van der Waals surface area contributed by atoms with E-state index in [1.807, 2.05) is 0 Å². The van der Waals surface area contributed by atoms with Gasteiger partial charge >= 0.3 is 6.36 Å². The Balaban J connectivity index is 2.22. The predicted molar refractivity (Wildman–Crippen MR) is 57.0 cm³/mol. The topological polar surface area (TPSA) is 55.0 Å². The lowest BCUT2D eigenvalue weighted by Crippen LogP contribution is -2.16. The van der Waals surface area contributed by atoms with Crippen LogP contribution in [0.25, 0.3) is 11.3 Å². The van der Waals surface area contributed by atoms with Crippen molar-refractivity contribution in [1.82, 2.24) is 10.2 Å². The molecule has 0 aliphatic rings. The van der Waals surface area contributed by atoms with Crippen LogP contribution in [-0.4, -0.2) is 16.6 Å². The summed E-state index contributed by atoms with van der Waals surface area (Å²) in [4.78, 5) is 10.8. The first-order chi connectivity index (χ1) is 8.44. The molecule has 1 aromatic heterocycles. The summed E-state index contributed by atoms with van der Waals surface area (Å²) in [5, 5.41) is 5.99. The molecule has 2 rings (SSSR count). The van der Waals surface area contributed by atoms with Crippen LogP contribution in [-0.2, 0) is 0 Å². The maximum absolute atomic E-state index is 11.9. The highest BCUT2D eigenvalue weighted by Crippen LogP contribution is 2.25. The molecule has 0 fully saturated rings. The molecule has 0 saturated heterocycles. The highest BCUT2D eigenvalue weighted by molar-refractivity contribution is 5.59. The molecule has 0 amide bonds. The van der Waals surface area contributed by atoms with Gasteiger partial charge in [-0.25, -0.2) is 5.10 Å². The van der Waals surface area contributed by atoms with Gasteiger partial charge in [0.15, 0.2) is 0 Å². The Bertz CT molecular complexity index is 570. The normalized spacial score (nSPS) is 11.3. The number of aromatic amines is 1. The van der Waals surface area contributed by atoms with E-state index in [2.05, 4.69) is 14.9 Å². The molecular weight excluding hydrogens is 249 g/mol. The summed E-state index contributed by atoms with van der Waals surface area (Å²) in [6.07, 6.45) is -4.71. The second-order valence-electron chi connectivity index (χ2n) is 3.38. The zero-order valence-corrected chi connectivity index (χ0v) is 8.86. The molecule has 1 aromatic carbocycles. The van der Waals surface area contributed by atoms with Crippen LogP contribution in [0, 0.1) is 0 Å². The average molecular weight is 256 g/mol. The van der Waals surface area contributed by atoms with E-state index in [1.165, 1.54) is 36.4 Å². The zero-order chi connectivity index (χ0) is 13.2. The van der Waals surface area contributed by atoms with E-state index in [0.29, 0.717) is 11.3 Å². The molecule has 0 spiro atoms. The lowest BCUT2D eigenvalue weighted by molar-refractivity contribution is -0.274. The Morgan fingerprint density at radius 3 is 2.22 bits per heavy atom. The van der Waals surface area contributed by atoms with Crippen molar-refractivity contribution in [3.05, 3.63) is 46.8 Å². The van der Waals surface area contributed by atoms with Gasteiger partial charge in [-0.05, 0) is 30.3 Å². The van der Waals surface area contributed by atoms with Gasteiger partial charge in [-0.1, -0.05) is 0 Å². The summed E-state index contributed by atoms with van der Waals surface area (Å²) in [7, 11) is 0. The number of H-pyrrole nitrogens is 1. The summed E-state index contributed by atoms with van der Waals surface area (Å²) in [6.45, 7) is 0. The summed E-state index contributed by atoms with van der Waals surface area (Å²) < 4.78 is 39.5. The van der Waals surface area contributed by atoms with E-state index < -0.39 is 6.36 Å². The van der Waals surface area contributed by atoms with Gasteiger partial charge < -0.3 is 4.74 Å². The molecular formula is C11H7F3N2O2. The van der Waals surface area contributed by atoms with Gasteiger partial charge in [-0.2, -0.15) is 5.10 Å². The monoisotopic (exact) mass is 256 g/mol. The van der Waals surface area contributed by atoms with E-state index in [-0.39, 0.29) is 11.3 Å². The van der Waals surface area contributed by atoms with E-state index in [0.717, 1.165) is 0 Å². The fourth-order valence-corrected chi connectivity index (χ4v) is 1.33. The van der Waals surface area contributed by atoms with Crippen LogP contribution in [0.5, 0.6) is 5.75 Å². The molecule has 0 unspecified atom stereocenters. The number of rotatable bonds is 2. The average Bonchev–Trinajstić information content (AvgIpc) is 2.29. The maximum atomic E-state index is 11.9. The standard InChI is InChI=1S/C11H7F3N2O2/c12-11(13,14)18-8-3-1-7(2-4-8)9-5-6-10(17)16-15-9/h1-6H,(H,16,17). The van der Waals surface area contributed by atoms with Crippen LogP contribution in [0.1, 0.15) is 0 Å². The van der Waals surface area contributed by atoms with Gasteiger partial charge in [0.2, 0.25) is 0 Å². The van der Waals surface area contributed by atoms with Crippen molar-refractivity contribution in [2.45, 2.75) is 6.36 Å². The number of benzene rings is 1. The van der Waals surface area contributed by atoms with Crippen molar-refractivity contribution in [3.8, 4) is 17.0 Å². The Morgan fingerprint density at radius 2 is 1.72 bits per heavy atom. The third-order valence-electron chi connectivity index (χ3n) is 2.06. The van der Waals surface area contributed by atoms with E-state index in [1.54, 1.807) is 0 Å². The molecule has 1 heterocycles. The lowest BCUT2D eigenvalue weighted by atomic mass is 10.1. The number of hydrogen-bond donors (Lipinski definition) is 1. The third-order valence-corrected chi connectivity index (χ3v) is 2.06. The van der Waals surface area contributed by atoms with E-state index >= 15 is 0 Å². The van der Waals surface area contributed by atoms with Gasteiger partial charge in [0.1, 0.15) is 5.75 Å². The molecule has 0 aliphatic heterocycles. The van der Waals surface area contributed by atoms with E-state index in [4.69, 9.17) is 0 Å². The first-order valence-electron chi connectivity index (χ1n) is 4.86. The number of nitrogens with zero attached hydrogens (tertiary/aromatic N) is 1. The number of hydrogen-bond acceptors (Lipinski definition) is 3. The fourth-order valence-electron chi connectivity index (χ4n) is 1.33. The van der Waals surface area contributed by atoms with Gasteiger partial charge in [0, 0.05) is 11.6 Å². The van der Waals surface area contributed by atoms with Gasteiger partial charge in [0.25, 0.3) is 5.56 Å². The quantitative estimate of drug-likeness (QED) is 0.897. The van der Waals surface area contributed by atoms with Gasteiger partial charge in [0.05, 0.1) is 5.69 Å². The Kier molecular flexibility index (Phi) is 3.05. The fraction of sp³-hybridized carbons (Fsp3) is 0.0909. The molecule has 18 heavy (non-hydrogen) atoms. The summed E-state index contributed by atoms with van der Waals surface area (Å²) in [6, 6.07) is 7.94.